The van der Waals surface area contributed by atoms with Crippen molar-refractivity contribution in [2.24, 2.45) is 0 Å². The maximum Gasteiger partial charge on any atom is 0.337 e. The third-order valence-electron chi connectivity index (χ3n) is 5.60. The van der Waals surface area contributed by atoms with Crippen molar-refractivity contribution in [2.75, 3.05) is 7.11 Å². The van der Waals surface area contributed by atoms with E-state index >= 15 is 0 Å². The second-order valence-electron chi connectivity index (χ2n) is 8.48. The first-order chi connectivity index (χ1) is 17.8. The van der Waals surface area contributed by atoms with Gasteiger partial charge in [-0.2, -0.15) is 0 Å². The Kier molecular flexibility index (Phi) is 8.54. The highest BCUT2D eigenvalue weighted by Crippen LogP contribution is 2.31. The summed E-state index contributed by atoms with van der Waals surface area (Å²) in [4.78, 5) is 11.8. The van der Waals surface area contributed by atoms with Crippen molar-refractivity contribution in [3.05, 3.63) is 104 Å². The molecule has 0 bridgehead atoms. The number of carbonyl (C=O) groups excluding carboxylic acids is 1. The van der Waals surface area contributed by atoms with Crippen LogP contribution in [0.15, 0.2) is 60.7 Å². The predicted molar refractivity (Wildman–Crippen MR) is 148 cm³/mol. The van der Waals surface area contributed by atoms with Crippen LogP contribution in [-0.2, 0) is 11.3 Å². The maximum absolute atomic E-state index is 11.8. The zero-order valence-electron chi connectivity index (χ0n) is 20.4. The van der Waals surface area contributed by atoms with Crippen molar-refractivity contribution in [1.29, 1.82) is 0 Å². The molecule has 0 aliphatic carbocycles. The average Bonchev–Trinajstić information content (AvgIpc) is 3.30. The smallest absolute Gasteiger partial charge is 0.337 e. The van der Waals surface area contributed by atoms with Crippen molar-refractivity contribution in [2.45, 2.75) is 26.4 Å². The van der Waals surface area contributed by atoms with Gasteiger partial charge in [0.2, 0.25) is 0 Å². The summed E-state index contributed by atoms with van der Waals surface area (Å²) in [6.45, 7) is 4.25. The minimum absolute atomic E-state index is 0.113. The van der Waals surface area contributed by atoms with Crippen molar-refractivity contribution < 1.29 is 14.3 Å². The van der Waals surface area contributed by atoms with Crippen molar-refractivity contribution in [3.63, 3.8) is 0 Å². The first-order valence-electron chi connectivity index (χ1n) is 11.5. The van der Waals surface area contributed by atoms with Crippen LogP contribution in [0.3, 0.4) is 0 Å². The van der Waals surface area contributed by atoms with Crippen LogP contribution < -0.4 is 4.74 Å². The zero-order chi connectivity index (χ0) is 26.5. The summed E-state index contributed by atoms with van der Waals surface area (Å²) in [7, 11) is 1.36. The SMILES string of the molecule is COC(=O)c1cccc(C=Cc2ccc(OCc3c(C(C)C)nnn3-c3c(Cl)cccc3Cl)cc2Cl)c1. The lowest BCUT2D eigenvalue weighted by Crippen LogP contribution is -2.09. The van der Waals surface area contributed by atoms with Gasteiger partial charge in [0, 0.05) is 0 Å². The molecule has 0 saturated carbocycles. The highest BCUT2D eigenvalue weighted by molar-refractivity contribution is 6.37. The second kappa shape index (κ2) is 11.8. The van der Waals surface area contributed by atoms with Crippen LogP contribution in [0, 0.1) is 0 Å². The normalized spacial score (nSPS) is 11.3. The van der Waals surface area contributed by atoms with Crippen LogP contribution in [0.1, 0.15) is 52.6 Å². The molecule has 6 nitrogen and oxygen atoms in total. The van der Waals surface area contributed by atoms with Crippen LogP contribution in [0.4, 0.5) is 0 Å². The number of nitrogens with zero attached hydrogens (tertiary/aromatic N) is 3. The van der Waals surface area contributed by atoms with Crippen molar-refractivity contribution in [1.82, 2.24) is 15.0 Å². The molecular weight excluding hydrogens is 533 g/mol. The van der Waals surface area contributed by atoms with Crippen LogP contribution in [0.2, 0.25) is 15.1 Å². The van der Waals surface area contributed by atoms with Gasteiger partial charge in [0.15, 0.2) is 0 Å². The summed E-state index contributed by atoms with van der Waals surface area (Å²) in [5.41, 5.74) is 4.21. The first-order valence-corrected chi connectivity index (χ1v) is 12.6. The molecule has 1 heterocycles. The van der Waals surface area contributed by atoms with Gasteiger partial charge in [-0.3, -0.25) is 0 Å². The zero-order valence-corrected chi connectivity index (χ0v) is 22.7. The molecule has 0 saturated heterocycles. The molecule has 0 atom stereocenters. The number of benzene rings is 3. The number of methoxy groups -OCH3 is 1. The topological polar surface area (TPSA) is 66.2 Å². The lowest BCUT2D eigenvalue weighted by atomic mass is 10.1. The lowest BCUT2D eigenvalue weighted by molar-refractivity contribution is 0.0600. The van der Waals surface area contributed by atoms with E-state index < -0.39 is 0 Å². The van der Waals surface area contributed by atoms with E-state index in [1.165, 1.54) is 7.11 Å². The monoisotopic (exact) mass is 555 g/mol. The summed E-state index contributed by atoms with van der Waals surface area (Å²) in [5, 5.41) is 10.1. The summed E-state index contributed by atoms with van der Waals surface area (Å²) in [6, 6.07) is 17.9. The van der Waals surface area contributed by atoms with Gasteiger partial charge in [0.1, 0.15) is 23.7 Å². The molecule has 0 aliphatic heterocycles. The molecule has 3 aromatic carbocycles. The number of rotatable bonds is 8. The van der Waals surface area contributed by atoms with E-state index in [4.69, 9.17) is 44.3 Å². The number of hydrogen-bond donors (Lipinski definition) is 0. The third-order valence-corrected chi connectivity index (χ3v) is 6.54. The van der Waals surface area contributed by atoms with Gasteiger partial charge in [-0.15, -0.1) is 5.10 Å². The van der Waals surface area contributed by atoms with Crippen LogP contribution in [0.25, 0.3) is 17.8 Å². The molecule has 0 N–H and O–H groups in total. The number of esters is 1. The third kappa shape index (κ3) is 6.16. The summed E-state index contributed by atoms with van der Waals surface area (Å²) in [6.07, 6.45) is 3.75. The molecule has 190 valence electrons. The van der Waals surface area contributed by atoms with Gasteiger partial charge in [-0.05, 0) is 59.5 Å². The largest absolute Gasteiger partial charge is 0.487 e. The molecule has 4 aromatic rings. The maximum atomic E-state index is 11.8. The van der Waals surface area contributed by atoms with E-state index in [2.05, 4.69) is 10.3 Å². The molecule has 37 heavy (non-hydrogen) atoms. The number of carbonyl (C=O) groups is 1. The summed E-state index contributed by atoms with van der Waals surface area (Å²) < 4.78 is 12.5. The first kappa shape index (κ1) is 26.7. The highest BCUT2D eigenvalue weighted by Gasteiger charge is 2.21. The molecule has 0 unspecified atom stereocenters. The minimum Gasteiger partial charge on any atom is -0.487 e. The highest BCUT2D eigenvalue weighted by atomic mass is 35.5. The lowest BCUT2D eigenvalue weighted by Gasteiger charge is -2.13. The Morgan fingerprint density at radius 1 is 0.973 bits per heavy atom. The van der Waals surface area contributed by atoms with Crippen LogP contribution in [-0.4, -0.2) is 28.1 Å². The Balaban J connectivity index is 1.54. The predicted octanol–water partition coefficient (Wildman–Crippen LogP) is 7.89. The molecule has 9 heteroatoms. The van der Waals surface area contributed by atoms with E-state index in [1.54, 1.807) is 47.1 Å². The molecular formula is C28H24Cl3N3O3. The Bertz CT molecular complexity index is 1440. The second-order valence-corrected chi connectivity index (χ2v) is 9.70. The fraction of sp³-hybridized carbons (Fsp3) is 0.179. The van der Waals surface area contributed by atoms with Gasteiger partial charge < -0.3 is 9.47 Å². The number of para-hydroxylation sites is 1. The Morgan fingerprint density at radius 2 is 1.70 bits per heavy atom. The fourth-order valence-electron chi connectivity index (χ4n) is 3.73. The van der Waals surface area contributed by atoms with Crippen molar-refractivity contribution in [3.8, 4) is 11.4 Å². The molecule has 4 rings (SSSR count). The Hall–Kier alpha value is -3.32. The van der Waals surface area contributed by atoms with Gasteiger partial charge >= 0.3 is 5.97 Å². The molecule has 0 aliphatic rings. The molecule has 0 fully saturated rings. The fourth-order valence-corrected chi connectivity index (χ4v) is 4.52. The van der Waals surface area contributed by atoms with Crippen LogP contribution >= 0.6 is 34.8 Å². The number of aromatic nitrogens is 3. The molecule has 0 spiro atoms. The molecule has 0 radical (unpaired) electrons. The van der Waals surface area contributed by atoms with Crippen molar-refractivity contribution >= 4 is 52.9 Å². The Labute approximate surface area is 230 Å². The van der Waals surface area contributed by atoms with E-state index in [9.17, 15) is 4.79 Å². The number of ether oxygens (including phenoxy) is 2. The van der Waals surface area contributed by atoms with E-state index in [0.29, 0.717) is 32.1 Å². The Morgan fingerprint density at radius 3 is 2.38 bits per heavy atom. The van der Waals surface area contributed by atoms with E-state index in [0.717, 1.165) is 22.5 Å². The molecule has 1 aromatic heterocycles. The standard InChI is InChI=1S/C28H24Cl3N3O3/c1-17(2)26-25(34(33-32-26)27-22(29)8-5-9-23(27)30)16-37-21-13-12-19(24(31)15-21)11-10-18-6-4-7-20(14-18)28(35)36-3/h4-15,17H,16H2,1-3H3. The summed E-state index contributed by atoms with van der Waals surface area (Å²) in [5.74, 6) is 0.314. The van der Waals surface area contributed by atoms with Gasteiger partial charge in [0.25, 0.3) is 0 Å². The average molecular weight is 557 g/mol. The van der Waals surface area contributed by atoms with Gasteiger partial charge in [0.05, 0.1) is 33.4 Å². The van der Waals surface area contributed by atoms with E-state index in [-0.39, 0.29) is 18.5 Å². The van der Waals surface area contributed by atoms with Gasteiger partial charge in [-0.1, -0.05) is 84.2 Å². The quantitative estimate of drug-likeness (QED) is 0.163. The van der Waals surface area contributed by atoms with E-state index in [1.807, 2.05) is 44.2 Å². The minimum atomic E-state index is -0.385. The van der Waals surface area contributed by atoms with Crippen LogP contribution in [0.5, 0.6) is 5.75 Å². The number of halogens is 3. The van der Waals surface area contributed by atoms with Gasteiger partial charge in [-0.25, -0.2) is 9.48 Å². The molecule has 0 amide bonds. The summed E-state index contributed by atoms with van der Waals surface area (Å²) >= 11 is 19.4. The number of hydrogen-bond acceptors (Lipinski definition) is 5.